The summed E-state index contributed by atoms with van der Waals surface area (Å²) >= 11 is 12.9. The Labute approximate surface area is 280 Å². The largest absolute Gasteiger partial charge is 0.495 e. The van der Waals surface area contributed by atoms with Crippen molar-refractivity contribution in [3.05, 3.63) is 124 Å². The third kappa shape index (κ3) is 8.60. The number of sulfonamides is 1. The summed E-state index contributed by atoms with van der Waals surface area (Å²) in [5.41, 5.74) is 2.37. The van der Waals surface area contributed by atoms with E-state index in [4.69, 9.17) is 27.9 Å². The van der Waals surface area contributed by atoms with E-state index >= 15 is 0 Å². The molecule has 1 N–H and O–H groups in total. The van der Waals surface area contributed by atoms with Gasteiger partial charge in [0.25, 0.3) is 10.0 Å². The third-order valence-corrected chi connectivity index (χ3v) is 9.68. The lowest BCUT2D eigenvalue weighted by atomic mass is 10.0. The van der Waals surface area contributed by atoms with Crippen LogP contribution in [0.3, 0.4) is 0 Å². The van der Waals surface area contributed by atoms with E-state index in [1.165, 1.54) is 36.3 Å². The van der Waals surface area contributed by atoms with Crippen molar-refractivity contribution >= 4 is 50.7 Å². The maximum Gasteiger partial charge on any atom is 0.264 e. The van der Waals surface area contributed by atoms with Crippen LogP contribution in [0.5, 0.6) is 5.75 Å². The monoisotopic (exact) mass is 681 g/mol. The Morgan fingerprint density at radius 1 is 0.891 bits per heavy atom. The molecule has 8 nitrogen and oxygen atoms in total. The molecule has 0 radical (unpaired) electrons. The summed E-state index contributed by atoms with van der Waals surface area (Å²) in [6, 6.07) is 26.0. The first-order valence-electron chi connectivity index (χ1n) is 14.7. The van der Waals surface area contributed by atoms with E-state index in [9.17, 15) is 18.0 Å². The van der Waals surface area contributed by atoms with Crippen molar-refractivity contribution < 1.29 is 22.7 Å². The molecule has 0 bridgehead atoms. The second kappa shape index (κ2) is 15.5. The van der Waals surface area contributed by atoms with Crippen LogP contribution in [0, 0.1) is 6.92 Å². The summed E-state index contributed by atoms with van der Waals surface area (Å²) in [5.74, 6) is -0.811. The van der Waals surface area contributed by atoms with Gasteiger partial charge in [0.15, 0.2) is 0 Å². The Kier molecular flexibility index (Phi) is 11.7. The quantitative estimate of drug-likeness (QED) is 0.170. The van der Waals surface area contributed by atoms with Gasteiger partial charge in [-0.3, -0.25) is 13.9 Å². The maximum atomic E-state index is 14.6. The molecule has 0 aliphatic rings. The number of halogens is 2. The molecule has 0 aliphatic carbocycles. The number of nitrogens with one attached hydrogen (secondary N) is 1. The number of hydrogen-bond acceptors (Lipinski definition) is 5. The molecule has 1 atom stereocenters. The van der Waals surface area contributed by atoms with Gasteiger partial charge in [-0.05, 0) is 68.3 Å². The lowest BCUT2D eigenvalue weighted by Crippen LogP contribution is -2.54. The van der Waals surface area contributed by atoms with Gasteiger partial charge >= 0.3 is 0 Å². The minimum atomic E-state index is -4.33. The van der Waals surface area contributed by atoms with Crippen molar-refractivity contribution in [2.24, 2.45) is 0 Å². The van der Waals surface area contributed by atoms with Crippen molar-refractivity contribution in [3.63, 3.8) is 0 Å². The smallest absolute Gasteiger partial charge is 0.264 e. The molecule has 4 rings (SSSR count). The Morgan fingerprint density at radius 2 is 1.54 bits per heavy atom. The molecule has 0 saturated heterocycles. The summed E-state index contributed by atoms with van der Waals surface area (Å²) in [5, 5.41) is 3.59. The topological polar surface area (TPSA) is 96.0 Å². The summed E-state index contributed by atoms with van der Waals surface area (Å²) in [7, 11) is -2.93. The van der Waals surface area contributed by atoms with Crippen molar-refractivity contribution in [1.82, 2.24) is 10.2 Å². The van der Waals surface area contributed by atoms with Crippen molar-refractivity contribution in [1.29, 1.82) is 0 Å². The molecule has 1 unspecified atom stereocenters. The van der Waals surface area contributed by atoms with Crippen LogP contribution >= 0.6 is 23.2 Å². The molecule has 0 aliphatic heterocycles. The SMILES string of the molecule is COc1ccc(Cl)cc1N(CC(=O)N(Cc1ccccc1Cl)C(Cc1ccccc1)C(=O)NC(C)C)S(=O)(=O)c1ccc(C)cc1. The number of aryl methyl sites for hydroxylation is 1. The number of methoxy groups -OCH3 is 1. The highest BCUT2D eigenvalue weighted by molar-refractivity contribution is 7.92. The lowest BCUT2D eigenvalue weighted by molar-refractivity contribution is -0.140. The first-order valence-corrected chi connectivity index (χ1v) is 16.9. The highest BCUT2D eigenvalue weighted by Crippen LogP contribution is 2.35. The standard InChI is InChI=1S/C35H37Cl2N3O5S/c1-24(2)38-35(42)32(20-26-10-6-5-7-11-26)39(22-27-12-8-9-13-30(27)37)34(41)23-40(31-21-28(36)16-19-33(31)45-4)46(43,44)29-17-14-25(3)15-18-29/h5-19,21,24,32H,20,22-23H2,1-4H3,(H,38,42). The highest BCUT2D eigenvalue weighted by Gasteiger charge is 2.36. The zero-order valence-electron chi connectivity index (χ0n) is 26.1. The van der Waals surface area contributed by atoms with Gasteiger partial charge in [-0.15, -0.1) is 0 Å². The highest BCUT2D eigenvalue weighted by atomic mass is 35.5. The first kappa shape index (κ1) is 34.8. The van der Waals surface area contributed by atoms with Crippen LogP contribution in [0.25, 0.3) is 0 Å². The first-order chi connectivity index (χ1) is 21.9. The van der Waals surface area contributed by atoms with Gasteiger partial charge < -0.3 is 15.0 Å². The fourth-order valence-corrected chi connectivity index (χ4v) is 6.73. The van der Waals surface area contributed by atoms with E-state index in [2.05, 4.69) is 5.32 Å². The van der Waals surface area contributed by atoms with Crippen LogP contribution in [-0.2, 0) is 32.6 Å². The molecule has 242 valence electrons. The molecule has 4 aromatic rings. The number of carbonyl (C=O) groups is 2. The van der Waals surface area contributed by atoms with Crippen molar-refractivity contribution in [2.75, 3.05) is 18.0 Å². The number of hydrogen-bond donors (Lipinski definition) is 1. The molecule has 11 heteroatoms. The predicted molar refractivity (Wildman–Crippen MR) is 183 cm³/mol. The van der Waals surface area contributed by atoms with Gasteiger partial charge in [-0.1, -0.05) is 89.4 Å². The van der Waals surface area contributed by atoms with Gasteiger partial charge in [-0.2, -0.15) is 0 Å². The fourth-order valence-electron chi connectivity index (χ4n) is 4.95. The van der Waals surface area contributed by atoms with Crippen LogP contribution in [0.4, 0.5) is 5.69 Å². The second-order valence-electron chi connectivity index (χ2n) is 11.1. The molecular weight excluding hydrogens is 645 g/mol. The van der Waals surface area contributed by atoms with Crippen LogP contribution in [0.1, 0.15) is 30.5 Å². The average Bonchev–Trinajstić information content (AvgIpc) is 3.02. The Bertz CT molecular complexity index is 1770. The molecule has 0 heterocycles. The average molecular weight is 683 g/mol. The minimum absolute atomic E-state index is 0.0241. The lowest BCUT2D eigenvalue weighted by Gasteiger charge is -2.34. The summed E-state index contributed by atoms with van der Waals surface area (Å²) in [6.45, 7) is 4.81. The zero-order valence-corrected chi connectivity index (χ0v) is 28.4. The molecule has 2 amide bonds. The van der Waals surface area contributed by atoms with E-state index < -0.39 is 28.5 Å². The summed E-state index contributed by atoms with van der Waals surface area (Å²) in [6.07, 6.45) is 0.181. The summed E-state index contributed by atoms with van der Waals surface area (Å²) < 4.78 is 35.1. The number of benzene rings is 4. The van der Waals surface area contributed by atoms with Crippen LogP contribution in [0.15, 0.2) is 102 Å². The normalized spacial score (nSPS) is 12.0. The van der Waals surface area contributed by atoms with Gasteiger partial charge in [0.2, 0.25) is 11.8 Å². The molecule has 0 fully saturated rings. The number of anilines is 1. The maximum absolute atomic E-state index is 14.6. The van der Waals surface area contributed by atoms with E-state index in [1.54, 1.807) is 42.5 Å². The van der Waals surface area contributed by atoms with E-state index in [0.29, 0.717) is 10.6 Å². The Hall–Kier alpha value is -4.05. The Morgan fingerprint density at radius 3 is 2.17 bits per heavy atom. The van der Waals surface area contributed by atoms with Gasteiger partial charge in [0.05, 0.1) is 17.7 Å². The van der Waals surface area contributed by atoms with Crippen LogP contribution < -0.4 is 14.4 Å². The van der Waals surface area contributed by atoms with Gasteiger partial charge in [-0.25, -0.2) is 8.42 Å². The molecule has 46 heavy (non-hydrogen) atoms. The minimum Gasteiger partial charge on any atom is -0.495 e. The van der Waals surface area contributed by atoms with E-state index in [1.807, 2.05) is 51.1 Å². The van der Waals surface area contributed by atoms with Crippen LogP contribution in [0.2, 0.25) is 10.0 Å². The molecular formula is C35H37Cl2N3O5S. The molecule has 0 aromatic heterocycles. The van der Waals surface area contributed by atoms with Crippen molar-refractivity contribution in [3.8, 4) is 5.75 Å². The zero-order chi connectivity index (χ0) is 33.4. The van der Waals surface area contributed by atoms with E-state index in [0.717, 1.165) is 15.4 Å². The number of amides is 2. The third-order valence-electron chi connectivity index (χ3n) is 7.30. The van der Waals surface area contributed by atoms with Gasteiger partial charge in [0, 0.05) is 29.1 Å². The predicted octanol–water partition coefficient (Wildman–Crippen LogP) is 6.67. The molecule has 0 saturated carbocycles. The summed E-state index contributed by atoms with van der Waals surface area (Å²) in [4.78, 5) is 29.8. The number of carbonyl (C=O) groups excluding carboxylic acids is 2. The second-order valence-corrected chi connectivity index (χ2v) is 13.8. The Balaban J connectivity index is 1.86. The van der Waals surface area contributed by atoms with Gasteiger partial charge in [0.1, 0.15) is 18.3 Å². The molecule has 0 spiro atoms. The number of rotatable bonds is 13. The molecule has 4 aromatic carbocycles. The number of nitrogens with zero attached hydrogens (tertiary/aromatic N) is 2. The fraction of sp³-hybridized carbons (Fsp3) is 0.257. The number of ether oxygens (including phenoxy) is 1. The van der Waals surface area contributed by atoms with E-state index in [-0.39, 0.29) is 46.3 Å². The van der Waals surface area contributed by atoms with Crippen LogP contribution in [-0.4, -0.2) is 50.9 Å². The van der Waals surface area contributed by atoms with Crippen molar-refractivity contribution in [2.45, 2.75) is 50.7 Å².